The zero-order chi connectivity index (χ0) is 23.0. The van der Waals surface area contributed by atoms with Gasteiger partial charge in [0.1, 0.15) is 0 Å². The highest BCUT2D eigenvalue weighted by molar-refractivity contribution is 7.87. The van der Waals surface area contributed by atoms with Crippen LogP contribution in [-0.4, -0.2) is 64.3 Å². The third kappa shape index (κ3) is 7.24. The Morgan fingerprint density at radius 1 is 0.935 bits per heavy atom. The van der Waals surface area contributed by atoms with Crippen molar-refractivity contribution in [2.24, 2.45) is 0 Å². The van der Waals surface area contributed by atoms with Gasteiger partial charge in [-0.1, -0.05) is 38.5 Å². The SMILES string of the molecule is O=C(CCCCCCCCCCN1C(=O)C=CC1=O)ON1C(=O)CC(S(=O)(=O)O)C1=O. The molecule has 2 rings (SSSR count). The zero-order valence-corrected chi connectivity index (χ0v) is 17.8. The predicted octanol–water partition coefficient (Wildman–Crippen LogP) is 0.896. The Balaban J connectivity index is 1.49. The monoisotopic (exact) mass is 458 g/mol. The van der Waals surface area contributed by atoms with E-state index in [2.05, 4.69) is 4.84 Å². The Labute approximate surface area is 180 Å². The fourth-order valence-electron chi connectivity index (χ4n) is 3.31. The van der Waals surface area contributed by atoms with Crippen LogP contribution in [0.25, 0.3) is 0 Å². The van der Waals surface area contributed by atoms with E-state index in [1.165, 1.54) is 17.1 Å². The minimum Gasteiger partial charge on any atom is -0.330 e. The molecule has 0 saturated carbocycles. The molecule has 0 aromatic carbocycles. The summed E-state index contributed by atoms with van der Waals surface area (Å²) in [5, 5.41) is -1.82. The van der Waals surface area contributed by atoms with Crippen LogP contribution in [0.15, 0.2) is 12.2 Å². The lowest BCUT2D eigenvalue weighted by atomic mass is 10.1. The summed E-state index contributed by atoms with van der Waals surface area (Å²) in [7, 11) is -4.74. The van der Waals surface area contributed by atoms with E-state index in [4.69, 9.17) is 4.55 Å². The summed E-state index contributed by atoms with van der Waals surface area (Å²) in [6.45, 7) is 0.430. The van der Waals surface area contributed by atoms with Gasteiger partial charge in [0.15, 0.2) is 5.25 Å². The Morgan fingerprint density at radius 3 is 1.97 bits per heavy atom. The summed E-state index contributed by atoms with van der Waals surface area (Å²) >= 11 is 0. The lowest BCUT2D eigenvalue weighted by Crippen LogP contribution is -2.36. The van der Waals surface area contributed by atoms with Gasteiger partial charge in [0.2, 0.25) is 0 Å². The second-order valence-corrected chi connectivity index (χ2v) is 9.04. The van der Waals surface area contributed by atoms with Crippen molar-refractivity contribution in [3.8, 4) is 0 Å². The smallest absolute Gasteiger partial charge is 0.330 e. The van der Waals surface area contributed by atoms with Crippen LogP contribution in [0, 0.1) is 0 Å². The van der Waals surface area contributed by atoms with Crippen molar-refractivity contribution >= 4 is 39.7 Å². The molecule has 0 spiro atoms. The molecular weight excluding hydrogens is 432 g/mol. The van der Waals surface area contributed by atoms with Crippen LogP contribution < -0.4 is 0 Å². The second-order valence-electron chi connectivity index (χ2n) is 7.44. The van der Waals surface area contributed by atoms with Crippen molar-refractivity contribution in [2.45, 2.75) is 69.5 Å². The first-order valence-corrected chi connectivity index (χ1v) is 11.7. The highest BCUT2D eigenvalue weighted by atomic mass is 32.2. The number of hydrogen-bond acceptors (Lipinski definition) is 8. The Bertz CT molecular complexity index is 848. The molecule has 4 amide bonds. The van der Waals surface area contributed by atoms with E-state index in [0.29, 0.717) is 13.0 Å². The Hall–Kier alpha value is -2.60. The topological polar surface area (TPSA) is 155 Å². The molecule has 2 heterocycles. The third-order valence-corrected chi connectivity index (χ3v) is 6.12. The average molecular weight is 458 g/mol. The predicted molar refractivity (Wildman–Crippen MR) is 105 cm³/mol. The molecule has 0 aromatic heterocycles. The summed E-state index contributed by atoms with van der Waals surface area (Å²) in [5.41, 5.74) is 0. The summed E-state index contributed by atoms with van der Waals surface area (Å²) in [6.07, 6.45) is 8.46. The summed E-state index contributed by atoms with van der Waals surface area (Å²) in [5.74, 6) is -3.61. The highest BCUT2D eigenvalue weighted by Gasteiger charge is 2.48. The van der Waals surface area contributed by atoms with Crippen LogP contribution in [0.3, 0.4) is 0 Å². The van der Waals surface area contributed by atoms with Gasteiger partial charge in [0, 0.05) is 25.1 Å². The van der Waals surface area contributed by atoms with Gasteiger partial charge >= 0.3 is 5.97 Å². The molecule has 12 heteroatoms. The van der Waals surface area contributed by atoms with Crippen molar-refractivity contribution in [3.63, 3.8) is 0 Å². The number of carbonyl (C=O) groups excluding carboxylic acids is 5. The molecule has 172 valence electrons. The van der Waals surface area contributed by atoms with E-state index in [1.54, 1.807) is 0 Å². The van der Waals surface area contributed by atoms with E-state index in [9.17, 15) is 32.4 Å². The summed E-state index contributed by atoms with van der Waals surface area (Å²) in [4.78, 5) is 63.8. The van der Waals surface area contributed by atoms with Crippen molar-refractivity contribution in [3.05, 3.63) is 12.2 Å². The van der Waals surface area contributed by atoms with E-state index < -0.39 is 39.6 Å². The third-order valence-electron chi connectivity index (χ3n) is 5.03. The summed E-state index contributed by atoms with van der Waals surface area (Å²) < 4.78 is 31.0. The normalized spacial score (nSPS) is 19.1. The van der Waals surface area contributed by atoms with Gasteiger partial charge in [-0.25, -0.2) is 4.79 Å². The second kappa shape index (κ2) is 11.1. The van der Waals surface area contributed by atoms with Gasteiger partial charge < -0.3 is 4.84 Å². The van der Waals surface area contributed by atoms with E-state index in [0.717, 1.165) is 44.9 Å². The first kappa shape index (κ1) is 24.7. The van der Waals surface area contributed by atoms with Crippen LogP contribution in [-0.2, 0) is 38.9 Å². The number of rotatable bonds is 13. The Morgan fingerprint density at radius 2 is 1.45 bits per heavy atom. The minimum absolute atomic E-state index is 0.0282. The van der Waals surface area contributed by atoms with Crippen LogP contribution in [0.5, 0.6) is 0 Å². The molecule has 0 radical (unpaired) electrons. The van der Waals surface area contributed by atoms with Gasteiger partial charge in [-0.2, -0.15) is 8.42 Å². The van der Waals surface area contributed by atoms with Gasteiger partial charge in [-0.3, -0.25) is 28.6 Å². The molecule has 0 aromatic rings. The maximum absolute atomic E-state index is 11.8. The van der Waals surface area contributed by atoms with Crippen LogP contribution in [0.2, 0.25) is 0 Å². The number of hydroxylamine groups is 2. The zero-order valence-electron chi connectivity index (χ0n) is 17.0. The number of carbonyl (C=O) groups is 5. The molecule has 1 atom stereocenters. The number of unbranched alkanes of at least 4 members (excludes halogenated alkanes) is 7. The van der Waals surface area contributed by atoms with Gasteiger partial charge in [0.05, 0.1) is 6.42 Å². The maximum Gasteiger partial charge on any atom is 0.333 e. The van der Waals surface area contributed by atoms with E-state index in [1.807, 2.05) is 0 Å². The van der Waals surface area contributed by atoms with Crippen molar-refractivity contribution < 1.29 is 41.8 Å². The van der Waals surface area contributed by atoms with E-state index >= 15 is 0 Å². The molecule has 1 unspecified atom stereocenters. The lowest BCUT2D eigenvalue weighted by molar-refractivity contribution is -0.197. The lowest BCUT2D eigenvalue weighted by Gasteiger charge is -2.13. The van der Waals surface area contributed by atoms with Crippen molar-refractivity contribution in [1.29, 1.82) is 0 Å². The average Bonchev–Trinajstić information content (AvgIpc) is 3.16. The first-order valence-electron chi connectivity index (χ1n) is 10.2. The molecular formula is C19H26N2O9S. The largest absolute Gasteiger partial charge is 0.333 e. The minimum atomic E-state index is -4.74. The molecule has 1 N–H and O–H groups in total. The molecule has 31 heavy (non-hydrogen) atoms. The fraction of sp³-hybridized carbons (Fsp3) is 0.632. The number of hydrogen-bond donors (Lipinski definition) is 1. The van der Waals surface area contributed by atoms with Crippen LogP contribution in [0.1, 0.15) is 64.2 Å². The van der Waals surface area contributed by atoms with Gasteiger partial charge in [-0.05, 0) is 12.8 Å². The number of imide groups is 2. The first-order chi connectivity index (χ1) is 14.6. The molecule has 2 aliphatic heterocycles. The molecule has 0 bridgehead atoms. The fourth-order valence-corrected chi connectivity index (χ4v) is 4.01. The van der Waals surface area contributed by atoms with Crippen molar-refractivity contribution in [1.82, 2.24) is 9.96 Å². The van der Waals surface area contributed by atoms with Gasteiger partial charge in [-0.15, -0.1) is 5.06 Å². The molecule has 1 fully saturated rings. The van der Waals surface area contributed by atoms with Crippen molar-refractivity contribution in [2.75, 3.05) is 6.54 Å². The number of amides is 4. The molecule has 11 nitrogen and oxygen atoms in total. The quantitative estimate of drug-likeness (QED) is 0.241. The maximum atomic E-state index is 11.8. The molecule has 2 aliphatic rings. The van der Waals surface area contributed by atoms with Gasteiger partial charge in [0.25, 0.3) is 33.7 Å². The molecule has 0 aliphatic carbocycles. The number of nitrogens with zero attached hydrogens (tertiary/aromatic N) is 2. The summed E-state index contributed by atoms with van der Waals surface area (Å²) in [6, 6.07) is 0. The highest BCUT2D eigenvalue weighted by Crippen LogP contribution is 2.20. The molecule has 1 saturated heterocycles. The standard InChI is InChI=1S/C19H26N2O9S/c22-15-10-11-16(23)20(15)12-8-6-4-2-1-3-5-7-9-18(25)30-21-17(24)13-14(19(21)26)31(27,28)29/h10-11,14H,1-9,12-13H2,(H,27,28,29). The van der Waals surface area contributed by atoms with E-state index in [-0.39, 0.29) is 23.3 Å². The van der Waals surface area contributed by atoms with Crippen LogP contribution >= 0.6 is 0 Å². The van der Waals surface area contributed by atoms with Crippen LogP contribution in [0.4, 0.5) is 0 Å². The Kier molecular flexibility index (Phi) is 8.87.